The van der Waals surface area contributed by atoms with Gasteiger partial charge in [-0.2, -0.15) is 0 Å². The Balaban J connectivity index is 0.00000312. The molecule has 138 valence electrons. The molecule has 4 amide bonds. The second-order valence-corrected chi connectivity index (χ2v) is 5.82. The summed E-state index contributed by atoms with van der Waals surface area (Å²) >= 11 is 0. The van der Waals surface area contributed by atoms with Crippen LogP contribution in [0.1, 0.15) is 25.3 Å². The van der Waals surface area contributed by atoms with Crippen LogP contribution in [-0.4, -0.2) is 54.3 Å². The summed E-state index contributed by atoms with van der Waals surface area (Å²) in [6.07, 6.45) is 0.715. The van der Waals surface area contributed by atoms with Crippen molar-refractivity contribution in [2.75, 3.05) is 32.0 Å². The number of benzene rings is 1. The number of amides is 4. The minimum absolute atomic E-state index is 0. The monoisotopic (exact) mass is 368 g/mol. The minimum Gasteiger partial charge on any atom is -0.326 e. The molecule has 1 aliphatic heterocycles. The zero-order valence-electron chi connectivity index (χ0n) is 14.6. The summed E-state index contributed by atoms with van der Waals surface area (Å²) in [7, 11) is 1.59. The molecule has 1 heterocycles. The third-order valence-electron chi connectivity index (χ3n) is 3.81. The minimum atomic E-state index is -0.295. The van der Waals surface area contributed by atoms with Crippen molar-refractivity contribution in [2.24, 2.45) is 0 Å². The molecule has 0 spiro atoms. The van der Waals surface area contributed by atoms with E-state index in [1.165, 1.54) is 9.80 Å². The molecule has 1 fully saturated rings. The molecule has 1 aromatic rings. The quantitative estimate of drug-likeness (QED) is 0.686. The summed E-state index contributed by atoms with van der Waals surface area (Å²) < 4.78 is 0. The molecule has 0 bridgehead atoms. The van der Waals surface area contributed by atoms with Gasteiger partial charge in [0.2, 0.25) is 11.8 Å². The summed E-state index contributed by atoms with van der Waals surface area (Å²) in [6.45, 7) is 4.07. The third kappa shape index (κ3) is 6.03. The lowest BCUT2D eigenvalue weighted by Crippen LogP contribution is -2.32. The van der Waals surface area contributed by atoms with E-state index in [9.17, 15) is 14.4 Å². The fourth-order valence-electron chi connectivity index (χ4n) is 2.54. The predicted molar refractivity (Wildman–Crippen MR) is 98.7 cm³/mol. The first-order chi connectivity index (χ1) is 11.5. The fraction of sp³-hybridized carbons (Fsp3) is 0.471. The highest BCUT2D eigenvalue weighted by Crippen LogP contribution is 2.12. The van der Waals surface area contributed by atoms with Crippen LogP contribution in [0.3, 0.4) is 0 Å². The molecule has 1 aliphatic rings. The van der Waals surface area contributed by atoms with Crippen molar-refractivity contribution in [1.29, 1.82) is 0 Å². The van der Waals surface area contributed by atoms with Crippen LogP contribution < -0.4 is 10.6 Å². The molecule has 0 aliphatic carbocycles. The highest BCUT2D eigenvalue weighted by molar-refractivity contribution is 6.01. The standard InChI is InChI=1S/C17H24N4O3.ClH/c1-3-18-11-13-6-4-7-14(10-13)19-15(22)8-5-9-21-16(23)12-20(2)17(21)24;/h4,6-7,10,18H,3,5,8-9,11-12H2,1-2H3,(H,19,22);1H. The van der Waals surface area contributed by atoms with Gasteiger partial charge < -0.3 is 15.5 Å². The van der Waals surface area contributed by atoms with Gasteiger partial charge in [0.15, 0.2) is 0 Å². The van der Waals surface area contributed by atoms with Gasteiger partial charge in [-0.05, 0) is 30.7 Å². The molecule has 0 aromatic heterocycles. The van der Waals surface area contributed by atoms with Crippen molar-refractivity contribution in [3.63, 3.8) is 0 Å². The van der Waals surface area contributed by atoms with E-state index in [2.05, 4.69) is 10.6 Å². The van der Waals surface area contributed by atoms with E-state index in [0.29, 0.717) is 6.42 Å². The number of anilines is 1. The highest BCUT2D eigenvalue weighted by Gasteiger charge is 2.32. The van der Waals surface area contributed by atoms with Gasteiger partial charge in [-0.15, -0.1) is 12.4 Å². The fourth-order valence-corrected chi connectivity index (χ4v) is 2.54. The van der Waals surface area contributed by atoms with Crippen LogP contribution in [0, 0.1) is 0 Å². The van der Waals surface area contributed by atoms with Crippen molar-refractivity contribution in [2.45, 2.75) is 26.3 Å². The van der Waals surface area contributed by atoms with Gasteiger partial charge in [-0.3, -0.25) is 14.5 Å². The maximum Gasteiger partial charge on any atom is 0.326 e. The third-order valence-corrected chi connectivity index (χ3v) is 3.81. The number of carbonyl (C=O) groups excluding carboxylic acids is 3. The number of nitrogens with one attached hydrogen (secondary N) is 2. The van der Waals surface area contributed by atoms with Gasteiger partial charge in [0.1, 0.15) is 6.54 Å². The van der Waals surface area contributed by atoms with Crippen LogP contribution in [0.4, 0.5) is 10.5 Å². The molecular weight excluding hydrogens is 344 g/mol. The average Bonchev–Trinajstić information content (AvgIpc) is 2.79. The van der Waals surface area contributed by atoms with Gasteiger partial charge in [0, 0.05) is 32.2 Å². The van der Waals surface area contributed by atoms with Crippen molar-refractivity contribution in [3.05, 3.63) is 29.8 Å². The predicted octanol–water partition coefficient (Wildman–Crippen LogP) is 1.83. The number of hydrogen-bond donors (Lipinski definition) is 2. The number of rotatable bonds is 8. The van der Waals surface area contributed by atoms with Gasteiger partial charge in [0.25, 0.3) is 0 Å². The first-order valence-electron chi connectivity index (χ1n) is 8.16. The highest BCUT2D eigenvalue weighted by atomic mass is 35.5. The Bertz CT molecular complexity index is 624. The second kappa shape index (κ2) is 10.0. The first kappa shape index (κ1) is 20.9. The van der Waals surface area contributed by atoms with Crippen LogP contribution in [0.15, 0.2) is 24.3 Å². The van der Waals surface area contributed by atoms with Crippen LogP contribution >= 0.6 is 12.4 Å². The number of carbonyl (C=O) groups is 3. The smallest absolute Gasteiger partial charge is 0.326 e. The lowest BCUT2D eigenvalue weighted by atomic mass is 10.2. The van der Waals surface area contributed by atoms with E-state index in [0.717, 1.165) is 24.3 Å². The number of hydrogen-bond acceptors (Lipinski definition) is 4. The largest absolute Gasteiger partial charge is 0.326 e. The zero-order valence-corrected chi connectivity index (χ0v) is 15.4. The lowest BCUT2D eigenvalue weighted by Gasteiger charge is -2.13. The Morgan fingerprint density at radius 2 is 2.04 bits per heavy atom. The topological polar surface area (TPSA) is 81.8 Å². The van der Waals surface area contributed by atoms with E-state index in [4.69, 9.17) is 0 Å². The average molecular weight is 369 g/mol. The Labute approximate surface area is 154 Å². The molecule has 25 heavy (non-hydrogen) atoms. The molecule has 0 radical (unpaired) electrons. The Morgan fingerprint density at radius 1 is 1.28 bits per heavy atom. The number of nitrogens with zero attached hydrogens (tertiary/aromatic N) is 2. The lowest BCUT2D eigenvalue weighted by molar-refractivity contribution is -0.125. The Kier molecular flexibility index (Phi) is 8.37. The zero-order chi connectivity index (χ0) is 17.5. The van der Waals surface area contributed by atoms with Crippen LogP contribution in [0.5, 0.6) is 0 Å². The Hall–Kier alpha value is -2.12. The molecule has 0 unspecified atom stereocenters. The molecular formula is C17H25ClN4O3. The number of likely N-dealkylation sites (N-methyl/N-ethyl adjacent to an activating group) is 1. The van der Waals surface area contributed by atoms with E-state index >= 15 is 0 Å². The first-order valence-corrected chi connectivity index (χ1v) is 8.16. The molecule has 2 N–H and O–H groups in total. The molecule has 7 nitrogen and oxygen atoms in total. The summed E-state index contributed by atoms with van der Waals surface area (Å²) in [4.78, 5) is 38.0. The molecule has 2 rings (SSSR count). The summed E-state index contributed by atoms with van der Waals surface area (Å²) in [5.74, 6) is -0.331. The van der Waals surface area contributed by atoms with Crippen LogP contribution in [-0.2, 0) is 16.1 Å². The number of urea groups is 1. The summed E-state index contributed by atoms with van der Waals surface area (Å²) in [6, 6.07) is 7.38. The molecule has 8 heteroatoms. The van der Waals surface area contributed by atoms with E-state index in [-0.39, 0.29) is 49.8 Å². The van der Waals surface area contributed by atoms with Gasteiger partial charge in [0.05, 0.1) is 0 Å². The SMILES string of the molecule is CCNCc1cccc(NC(=O)CCCN2C(=O)CN(C)C2=O)c1.Cl. The van der Waals surface area contributed by atoms with E-state index in [1.807, 2.05) is 31.2 Å². The second-order valence-electron chi connectivity index (χ2n) is 5.82. The number of imide groups is 1. The van der Waals surface area contributed by atoms with Gasteiger partial charge >= 0.3 is 6.03 Å². The summed E-state index contributed by atoms with van der Waals surface area (Å²) in [5, 5.41) is 6.09. The van der Waals surface area contributed by atoms with Gasteiger partial charge in [-0.1, -0.05) is 19.1 Å². The maximum absolute atomic E-state index is 12.0. The van der Waals surface area contributed by atoms with Crippen molar-refractivity contribution < 1.29 is 14.4 Å². The van der Waals surface area contributed by atoms with E-state index < -0.39 is 0 Å². The normalized spacial score (nSPS) is 13.8. The summed E-state index contributed by atoms with van der Waals surface area (Å²) in [5.41, 5.74) is 1.86. The van der Waals surface area contributed by atoms with Gasteiger partial charge in [-0.25, -0.2) is 4.79 Å². The Morgan fingerprint density at radius 3 is 2.68 bits per heavy atom. The molecule has 0 saturated carbocycles. The van der Waals surface area contributed by atoms with Crippen LogP contribution in [0.2, 0.25) is 0 Å². The number of halogens is 1. The molecule has 1 saturated heterocycles. The van der Waals surface area contributed by atoms with E-state index in [1.54, 1.807) is 7.05 Å². The van der Waals surface area contributed by atoms with Crippen molar-refractivity contribution >= 4 is 35.9 Å². The van der Waals surface area contributed by atoms with Crippen molar-refractivity contribution in [3.8, 4) is 0 Å². The van der Waals surface area contributed by atoms with Crippen LogP contribution in [0.25, 0.3) is 0 Å². The molecule has 0 atom stereocenters. The molecule has 1 aromatic carbocycles. The maximum atomic E-state index is 12.0. The van der Waals surface area contributed by atoms with Crippen molar-refractivity contribution in [1.82, 2.24) is 15.1 Å².